The smallest absolute Gasteiger partial charge is 0.259 e. The number of amides is 2. The molecule has 1 aromatic heterocycles. The third-order valence-corrected chi connectivity index (χ3v) is 3.29. The Kier molecular flexibility index (Phi) is 3.06. The topological polar surface area (TPSA) is 91.3 Å². The van der Waals surface area contributed by atoms with Gasteiger partial charge in [0.1, 0.15) is 11.4 Å². The van der Waals surface area contributed by atoms with Gasteiger partial charge in [0.25, 0.3) is 11.8 Å². The third kappa shape index (κ3) is 2.43. The molecule has 6 heteroatoms. The highest BCUT2D eigenvalue weighted by atomic mass is 16.3. The van der Waals surface area contributed by atoms with Gasteiger partial charge in [0.05, 0.1) is 17.7 Å². The minimum Gasteiger partial charge on any atom is -0.506 e. The quantitative estimate of drug-likeness (QED) is 0.744. The summed E-state index contributed by atoms with van der Waals surface area (Å²) in [5.74, 6) is -0.656. The van der Waals surface area contributed by atoms with E-state index in [0.717, 1.165) is 5.69 Å². The van der Waals surface area contributed by atoms with Crippen LogP contribution in [-0.4, -0.2) is 21.9 Å². The molecule has 0 bridgehead atoms. The van der Waals surface area contributed by atoms with Crippen molar-refractivity contribution in [2.45, 2.75) is 13.5 Å². The Morgan fingerprint density at radius 1 is 1.14 bits per heavy atom. The molecule has 106 valence electrons. The molecule has 2 aromatic rings. The lowest BCUT2D eigenvalue weighted by molar-refractivity contribution is 0.0879. The van der Waals surface area contributed by atoms with Gasteiger partial charge in [0.15, 0.2) is 0 Å². The van der Waals surface area contributed by atoms with Crippen LogP contribution in [0.25, 0.3) is 0 Å². The van der Waals surface area contributed by atoms with E-state index in [1.54, 1.807) is 30.3 Å². The second-order valence-electron chi connectivity index (χ2n) is 4.82. The number of pyridine rings is 1. The molecule has 0 fully saturated rings. The molecule has 1 aromatic carbocycles. The number of nitrogens with one attached hydrogen (secondary N) is 2. The Labute approximate surface area is 120 Å². The highest BCUT2D eigenvalue weighted by Crippen LogP contribution is 2.22. The monoisotopic (exact) mass is 283 g/mol. The van der Waals surface area contributed by atoms with E-state index in [4.69, 9.17) is 0 Å². The van der Waals surface area contributed by atoms with Crippen LogP contribution in [0.15, 0.2) is 30.3 Å². The van der Waals surface area contributed by atoms with Crippen LogP contribution in [0.2, 0.25) is 0 Å². The summed E-state index contributed by atoms with van der Waals surface area (Å²) >= 11 is 0. The number of fused-ring (bicyclic) bond motifs is 1. The van der Waals surface area contributed by atoms with Crippen LogP contribution in [0.3, 0.4) is 0 Å². The van der Waals surface area contributed by atoms with E-state index in [0.29, 0.717) is 29.1 Å². The van der Waals surface area contributed by atoms with Gasteiger partial charge in [-0.2, -0.15) is 0 Å². The number of hydrogen-bond acceptors (Lipinski definition) is 5. The van der Waals surface area contributed by atoms with Gasteiger partial charge >= 0.3 is 0 Å². The summed E-state index contributed by atoms with van der Waals surface area (Å²) in [6.45, 7) is 2.16. The minimum absolute atomic E-state index is 0.113. The van der Waals surface area contributed by atoms with Crippen molar-refractivity contribution in [1.82, 2.24) is 10.3 Å². The number of carbonyl (C=O) groups excluding carboxylic acids is 2. The molecule has 0 atom stereocenters. The molecule has 3 N–H and O–H groups in total. The summed E-state index contributed by atoms with van der Waals surface area (Å²) in [5, 5.41) is 15.1. The largest absolute Gasteiger partial charge is 0.506 e. The van der Waals surface area contributed by atoms with Crippen molar-refractivity contribution >= 4 is 17.5 Å². The molecule has 2 heterocycles. The second kappa shape index (κ2) is 4.90. The molecule has 0 radical (unpaired) electrons. The van der Waals surface area contributed by atoms with Crippen LogP contribution in [0.1, 0.15) is 32.1 Å². The maximum atomic E-state index is 11.6. The number of anilines is 1. The molecular weight excluding hydrogens is 270 g/mol. The fraction of sp³-hybridized carbons (Fsp3) is 0.133. The first-order chi connectivity index (χ1) is 10.0. The van der Waals surface area contributed by atoms with Crippen molar-refractivity contribution in [3.63, 3.8) is 0 Å². The summed E-state index contributed by atoms with van der Waals surface area (Å²) in [5.41, 5.74) is 2.74. The van der Waals surface area contributed by atoms with Crippen LogP contribution in [0.4, 0.5) is 5.69 Å². The normalized spacial score (nSPS) is 13.0. The predicted octanol–water partition coefficient (Wildman–Crippen LogP) is 1.59. The summed E-state index contributed by atoms with van der Waals surface area (Å²) in [6.07, 6.45) is 0. The maximum Gasteiger partial charge on any atom is 0.259 e. The number of imide groups is 1. The van der Waals surface area contributed by atoms with Crippen LogP contribution < -0.4 is 10.6 Å². The Morgan fingerprint density at radius 3 is 2.71 bits per heavy atom. The van der Waals surface area contributed by atoms with Crippen molar-refractivity contribution in [1.29, 1.82) is 0 Å². The summed E-state index contributed by atoms with van der Waals surface area (Å²) in [7, 11) is 0. The van der Waals surface area contributed by atoms with Crippen LogP contribution in [0.5, 0.6) is 5.75 Å². The van der Waals surface area contributed by atoms with Crippen LogP contribution in [0, 0.1) is 6.92 Å². The van der Waals surface area contributed by atoms with Gasteiger partial charge in [0, 0.05) is 11.4 Å². The average Bonchev–Trinajstić information content (AvgIpc) is 2.75. The van der Waals surface area contributed by atoms with E-state index in [-0.39, 0.29) is 11.7 Å². The van der Waals surface area contributed by atoms with Crippen LogP contribution in [-0.2, 0) is 6.54 Å². The maximum absolute atomic E-state index is 11.6. The first-order valence-electron chi connectivity index (χ1n) is 6.43. The molecule has 0 saturated heterocycles. The molecule has 0 unspecified atom stereocenters. The van der Waals surface area contributed by atoms with Gasteiger partial charge in [0.2, 0.25) is 0 Å². The van der Waals surface area contributed by atoms with Crippen LogP contribution >= 0.6 is 0 Å². The average molecular weight is 283 g/mol. The number of aryl methyl sites for hydroxylation is 1. The lowest BCUT2D eigenvalue weighted by Gasteiger charge is -2.09. The molecule has 3 rings (SSSR count). The summed E-state index contributed by atoms with van der Waals surface area (Å²) in [4.78, 5) is 27.3. The Bertz CT molecular complexity index is 756. The SMILES string of the molecule is Cc1ccc(O)c(CNc2ccc3c(c2)C(=O)NC3=O)n1. The van der Waals surface area contributed by atoms with Gasteiger partial charge in [-0.25, -0.2) is 0 Å². The van der Waals surface area contributed by atoms with Gasteiger partial charge < -0.3 is 10.4 Å². The Balaban J connectivity index is 1.80. The van der Waals surface area contributed by atoms with Crippen molar-refractivity contribution in [3.05, 3.63) is 52.8 Å². The number of nitrogens with zero attached hydrogens (tertiary/aromatic N) is 1. The van der Waals surface area contributed by atoms with Crippen molar-refractivity contribution in [3.8, 4) is 5.75 Å². The first kappa shape index (κ1) is 13.1. The summed E-state index contributed by atoms with van der Waals surface area (Å²) < 4.78 is 0. The standard InChI is InChI=1S/C15H13N3O3/c1-8-2-5-13(19)12(17-8)7-16-9-3-4-10-11(6-9)15(21)18-14(10)20/h2-6,16,19H,7H2,1H3,(H,18,20,21). The molecular formula is C15H13N3O3. The highest BCUT2D eigenvalue weighted by Gasteiger charge is 2.26. The van der Waals surface area contributed by atoms with E-state index < -0.39 is 5.91 Å². The van der Waals surface area contributed by atoms with E-state index in [2.05, 4.69) is 15.6 Å². The zero-order chi connectivity index (χ0) is 15.0. The van der Waals surface area contributed by atoms with Gasteiger partial charge in [-0.05, 0) is 37.3 Å². The fourth-order valence-electron chi connectivity index (χ4n) is 2.20. The number of aromatic nitrogens is 1. The van der Waals surface area contributed by atoms with Gasteiger partial charge in [-0.1, -0.05) is 0 Å². The number of carbonyl (C=O) groups is 2. The summed E-state index contributed by atoms with van der Waals surface area (Å²) in [6, 6.07) is 8.24. The second-order valence-corrected chi connectivity index (χ2v) is 4.82. The minimum atomic E-state index is -0.393. The molecule has 1 aliphatic rings. The van der Waals surface area contributed by atoms with E-state index in [9.17, 15) is 14.7 Å². The van der Waals surface area contributed by atoms with E-state index in [1.807, 2.05) is 6.92 Å². The van der Waals surface area contributed by atoms with E-state index in [1.165, 1.54) is 0 Å². The highest BCUT2D eigenvalue weighted by molar-refractivity contribution is 6.21. The molecule has 1 aliphatic heterocycles. The van der Waals surface area contributed by atoms with Crippen molar-refractivity contribution in [2.24, 2.45) is 0 Å². The number of benzene rings is 1. The fourth-order valence-corrected chi connectivity index (χ4v) is 2.20. The molecule has 6 nitrogen and oxygen atoms in total. The van der Waals surface area contributed by atoms with Crippen molar-refractivity contribution in [2.75, 3.05) is 5.32 Å². The number of rotatable bonds is 3. The number of hydrogen-bond donors (Lipinski definition) is 3. The molecule has 0 spiro atoms. The Morgan fingerprint density at radius 2 is 1.90 bits per heavy atom. The number of aromatic hydroxyl groups is 1. The molecule has 0 aliphatic carbocycles. The first-order valence-corrected chi connectivity index (χ1v) is 6.43. The third-order valence-electron chi connectivity index (χ3n) is 3.29. The zero-order valence-electron chi connectivity index (χ0n) is 11.3. The van der Waals surface area contributed by atoms with Crippen molar-refractivity contribution < 1.29 is 14.7 Å². The van der Waals surface area contributed by atoms with E-state index >= 15 is 0 Å². The zero-order valence-corrected chi connectivity index (χ0v) is 11.3. The lowest BCUT2D eigenvalue weighted by atomic mass is 10.1. The Hall–Kier alpha value is -2.89. The lowest BCUT2D eigenvalue weighted by Crippen LogP contribution is -2.19. The molecule has 0 saturated carbocycles. The van der Waals surface area contributed by atoms with Gasteiger partial charge in [-0.3, -0.25) is 19.9 Å². The van der Waals surface area contributed by atoms with Gasteiger partial charge in [-0.15, -0.1) is 0 Å². The molecule has 21 heavy (non-hydrogen) atoms. The predicted molar refractivity (Wildman–Crippen MR) is 76.2 cm³/mol. The molecule has 2 amide bonds.